The summed E-state index contributed by atoms with van der Waals surface area (Å²) >= 11 is 0. The number of rotatable bonds is 9. The minimum absolute atomic E-state index is 0.155. The Hall–Kier alpha value is -2.27. The lowest BCUT2D eigenvalue weighted by Crippen LogP contribution is -2.38. The second-order valence-electron chi connectivity index (χ2n) is 6.15. The largest absolute Gasteiger partial charge is 0.494 e. The summed E-state index contributed by atoms with van der Waals surface area (Å²) in [4.78, 5) is 4.47. The van der Waals surface area contributed by atoms with E-state index in [1.807, 2.05) is 32.0 Å². The molecular weight excluding hydrogens is 314 g/mol. The van der Waals surface area contributed by atoms with Gasteiger partial charge < -0.3 is 20.5 Å². The van der Waals surface area contributed by atoms with Crippen LogP contribution in [0.5, 0.6) is 5.75 Å². The van der Waals surface area contributed by atoms with Crippen LogP contribution < -0.4 is 15.4 Å². The van der Waals surface area contributed by atoms with E-state index < -0.39 is 0 Å². The molecule has 0 bridgehead atoms. The minimum atomic E-state index is 0.155. The zero-order valence-electron chi connectivity index (χ0n) is 15.2. The number of fused-ring (bicyclic) bond motifs is 1. The topological polar surface area (TPSA) is 65.9 Å². The van der Waals surface area contributed by atoms with Crippen LogP contribution in [0.3, 0.4) is 0 Å². The van der Waals surface area contributed by atoms with Gasteiger partial charge in [-0.25, -0.2) is 0 Å². The highest BCUT2D eigenvalue weighted by Gasteiger charge is 2.01. The van der Waals surface area contributed by atoms with Crippen LogP contribution in [0.2, 0.25) is 0 Å². The van der Waals surface area contributed by atoms with Gasteiger partial charge in [-0.2, -0.15) is 0 Å². The molecule has 25 heavy (non-hydrogen) atoms. The van der Waals surface area contributed by atoms with Crippen LogP contribution in [0.25, 0.3) is 10.8 Å². The first kappa shape index (κ1) is 19.1. The van der Waals surface area contributed by atoms with Crippen molar-refractivity contribution in [3.63, 3.8) is 0 Å². The lowest BCUT2D eigenvalue weighted by Gasteiger charge is -2.13. The molecule has 0 amide bonds. The van der Waals surface area contributed by atoms with Gasteiger partial charge in [-0.1, -0.05) is 37.3 Å². The number of hydrogen-bond acceptors (Lipinski definition) is 3. The number of nitrogens with zero attached hydrogens (tertiary/aromatic N) is 1. The number of ether oxygens (including phenoxy) is 1. The molecule has 2 rings (SSSR count). The maximum absolute atomic E-state index is 9.07. The van der Waals surface area contributed by atoms with E-state index in [-0.39, 0.29) is 12.5 Å². The van der Waals surface area contributed by atoms with Crippen LogP contribution in [0.4, 0.5) is 0 Å². The standard InChI is InChI=1S/C20H29N3O2/c1-3-21-20(23-14-16(2)15-24)22-11-6-12-25-19-10-9-17-7-4-5-8-18(17)13-19/h4-5,7-10,13,16,24H,3,6,11-12,14-15H2,1-2H3,(H2,21,22,23). The fourth-order valence-electron chi connectivity index (χ4n) is 2.37. The van der Waals surface area contributed by atoms with Gasteiger partial charge in [0.2, 0.25) is 0 Å². The van der Waals surface area contributed by atoms with E-state index in [4.69, 9.17) is 9.84 Å². The Bertz CT molecular complexity index is 673. The molecule has 5 nitrogen and oxygen atoms in total. The van der Waals surface area contributed by atoms with Crippen LogP contribution in [0.15, 0.2) is 47.5 Å². The van der Waals surface area contributed by atoms with E-state index in [9.17, 15) is 0 Å². The van der Waals surface area contributed by atoms with Gasteiger partial charge in [-0.15, -0.1) is 0 Å². The summed E-state index contributed by atoms with van der Waals surface area (Å²) in [7, 11) is 0. The average molecular weight is 343 g/mol. The molecule has 1 unspecified atom stereocenters. The van der Waals surface area contributed by atoms with Crippen molar-refractivity contribution in [2.75, 3.05) is 32.8 Å². The molecule has 2 aromatic carbocycles. The van der Waals surface area contributed by atoms with Crippen molar-refractivity contribution in [1.82, 2.24) is 10.6 Å². The quantitative estimate of drug-likeness (QED) is 0.372. The molecule has 0 aliphatic carbocycles. The molecule has 1 atom stereocenters. The smallest absolute Gasteiger partial charge is 0.191 e. The van der Waals surface area contributed by atoms with E-state index in [2.05, 4.69) is 39.9 Å². The highest BCUT2D eigenvalue weighted by atomic mass is 16.5. The first-order valence-corrected chi connectivity index (χ1v) is 8.97. The van der Waals surface area contributed by atoms with Crippen LogP contribution in [-0.2, 0) is 0 Å². The van der Waals surface area contributed by atoms with Crippen LogP contribution in [-0.4, -0.2) is 43.9 Å². The predicted molar refractivity (Wildman–Crippen MR) is 104 cm³/mol. The maximum atomic E-state index is 9.07. The lowest BCUT2D eigenvalue weighted by atomic mass is 10.1. The van der Waals surface area contributed by atoms with Gasteiger partial charge in [0, 0.05) is 26.2 Å². The molecule has 2 aromatic rings. The number of hydrogen-bond donors (Lipinski definition) is 3. The molecule has 0 aliphatic rings. The first-order valence-electron chi connectivity index (χ1n) is 8.97. The Morgan fingerprint density at radius 3 is 2.72 bits per heavy atom. The van der Waals surface area contributed by atoms with E-state index >= 15 is 0 Å². The molecule has 0 spiro atoms. The summed E-state index contributed by atoms with van der Waals surface area (Å²) in [5.41, 5.74) is 0. The van der Waals surface area contributed by atoms with Crippen molar-refractivity contribution in [3.05, 3.63) is 42.5 Å². The van der Waals surface area contributed by atoms with E-state index in [0.717, 1.165) is 31.2 Å². The van der Waals surface area contributed by atoms with Gasteiger partial charge in [0.05, 0.1) is 6.61 Å². The molecule has 0 aromatic heterocycles. The van der Waals surface area contributed by atoms with E-state index in [0.29, 0.717) is 13.2 Å². The first-order chi connectivity index (χ1) is 12.2. The van der Waals surface area contributed by atoms with Gasteiger partial charge in [-0.05, 0) is 42.2 Å². The Labute approximate surface area is 150 Å². The molecule has 0 saturated carbocycles. The average Bonchev–Trinajstić information content (AvgIpc) is 2.65. The molecule has 0 fully saturated rings. The van der Waals surface area contributed by atoms with Gasteiger partial charge in [0.15, 0.2) is 5.96 Å². The minimum Gasteiger partial charge on any atom is -0.494 e. The Kier molecular flexibility index (Phi) is 8.05. The maximum Gasteiger partial charge on any atom is 0.191 e. The fraction of sp³-hybridized carbons (Fsp3) is 0.450. The van der Waals surface area contributed by atoms with Gasteiger partial charge in [-0.3, -0.25) is 4.99 Å². The Balaban J connectivity index is 1.73. The van der Waals surface area contributed by atoms with E-state index in [1.165, 1.54) is 10.8 Å². The second kappa shape index (κ2) is 10.6. The van der Waals surface area contributed by atoms with Crippen LogP contribution >= 0.6 is 0 Å². The third kappa shape index (κ3) is 6.63. The van der Waals surface area contributed by atoms with Crippen LogP contribution in [0.1, 0.15) is 20.3 Å². The monoisotopic (exact) mass is 343 g/mol. The van der Waals surface area contributed by atoms with Crippen molar-refractivity contribution in [2.24, 2.45) is 10.9 Å². The number of benzene rings is 2. The van der Waals surface area contributed by atoms with Gasteiger partial charge >= 0.3 is 0 Å². The van der Waals surface area contributed by atoms with Crippen molar-refractivity contribution >= 4 is 16.7 Å². The SMILES string of the molecule is CCNC(=NCC(C)CO)NCCCOc1ccc2ccccc2c1. The molecule has 5 heteroatoms. The summed E-state index contributed by atoms with van der Waals surface area (Å²) in [6.07, 6.45) is 0.882. The lowest BCUT2D eigenvalue weighted by molar-refractivity contribution is 0.241. The molecule has 136 valence electrons. The summed E-state index contributed by atoms with van der Waals surface area (Å²) in [5.74, 6) is 1.86. The number of nitrogens with one attached hydrogen (secondary N) is 2. The van der Waals surface area contributed by atoms with Gasteiger partial charge in [0.1, 0.15) is 5.75 Å². The Morgan fingerprint density at radius 2 is 1.96 bits per heavy atom. The molecular formula is C20H29N3O2. The van der Waals surface area contributed by atoms with E-state index in [1.54, 1.807) is 0 Å². The van der Waals surface area contributed by atoms with Crippen LogP contribution in [0, 0.1) is 5.92 Å². The molecule has 0 heterocycles. The molecule has 0 radical (unpaired) electrons. The summed E-state index contributed by atoms with van der Waals surface area (Å²) in [6.45, 7) is 7.03. The van der Waals surface area contributed by atoms with Crippen molar-refractivity contribution in [1.29, 1.82) is 0 Å². The van der Waals surface area contributed by atoms with Crippen molar-refractivity contribution in [3.8, 4) is 5.75 Å². The Morgan fingerprint density at radius 1 is 1.16 bits per heavy atom. The zero-order valence-corrected chi connectivity index (χ0v) is 15.2. The highest BCUT2D eigenvalue weighted by molar-refractivity contribution is 5.83. The normalized spacial score (nSPS) is 12.8. The molecule has 0 saturated heterocycles. The third-order valence-corrected chi connectivity index (χ3v) is 3.82. The summed E-state index contributed by atoms with van der Waals surface area (Å²) in [6, 6.07) is 14.4. The highest BCUT2D eigenvalue weighted by Crippen LogP contribution is 2.20. The zero-order chi connectivity index (χ0) is 17.9. The third-order valence-electron chi connectivity index (χ3n) is 3.82. The van der Waals surface area contributed by atoms with Crippen molar-refractivity contribution in [2.45, 2.75) is 20.3 Å². The van der Waals surface area contributed by atoms with Gasteiger partial charge in [0.25, 0.3) is 0 Å². The fourth-order valence-corrected chi connectivity index (χ4v) is 2.37. The van der Waals surface area contributed by atoms with Crippen molar-refractivity contribution < 1.29 is 9.84 Å². The predicted octanol–water partition coefficient (Wildman–Crippen LogP) is 2.79. The summed E-state index contributed by atoms with van der Waals surface area (Å²) < 4.78 is 5.84. The summed E-state index contributed by atoms with van der Waals surface area (Å²) in [5, 5.41) is 18.0. The number of aliphatic hydroxyl groups excluding tert-OH is 1. The number of aliphatic hydroxyl groups is 1. The second-order valence-corrected chi connectivity index (χ2v) is 6.15. The number of aliphatic imine (C=N–C) groups is 1. The molecule has 3 N–H and O–H groups in total. The molecule has 0 aliphatic heterocycles. The number of guanidine groups is 1.